The minimum atomic E-state index is -0.505. The van der Waals surface area contributed by atoms with E-state index in [0.717, 1.165) is 5.69 Å². The van der Waals surface area contributed by atoms with Crippen LogP contribution in [0, 0.1) is 10.1 Å². The van der Waals surface area contributed by atoms with E-state index in [1.54, 1.807) is 11.0 Å². The standard InChI is InChI=1S/C21H21N3O4/c1-16(25)20(15-17-6-5-9-19(14-17)24(27)28)21(26)23-12-10-22(11-13-23)18-7-3-2-4-8-18/h2-9,14-15H,10-13H2,1H3. The molecule has 2 aromatic rings. The second kappa shape index (κ2) is 8.47. The fraction of sp³-hybridized carbons (Fsp3) is 0.238. The maximum atomic E-state index is 12.9. The van der Waals surface area contributed by atoms with Crippen LogP contribution in [0.4, 0.5) is 11.4 Å². The number of nitrogens with zero attached hydrogens (tertiary/aromatic N) is 3. The summed E-state index contributed by atoms with van der Waals surface area (Å²) in [6.45, 7) is 3.71. The Bertz CT molecular complexity index is 916. The van der Waals surface area contributed by atoms with Gasteiger partial charge in [0.15, 0.2) is 5.78 Å². The van der Waals surface area contributed by atoms with E-state index >= 15 is 0 Å². The highest BCUT2D eigenvalue weighted by atomic mass is 16.6. The Kier molecular flexibility index (Phi) is 5.84. The van der Waals surface area contributed by atoms with Crippen LogP contribution in [-0.2, 0) is 9.59 Å². The molecule has 0 aromatic heterocycles. The summed E-state index contributed by atoms with van der Waals surface area (Å²) in [7, 11) is 0. The van der Waals surface area contributed by atoms with Crippen molar-refractivity contribution < 1.29 is 14.5 Å². The zero-order chi connectivity index (χ0) is 20.1. The molecule has 0 radical (unpaired) electrons. The zero-order valence-electron chi connectivity index (χ0n) is 15.6. The van der Waals surface area contributed by atoms with Gasteiger partial charge in [-0.25, -0.2) is 0 Å². The molecule has 1 saturated heterocycles. The molecule has 1 fully saturated rings. The van der Waals surface area contributed by atoms with Crippen LogP contribution in [-0.4, -0.2) is 47.7 Å². The van der Waals surface area contributed by atoms with Crippen LogP contribution in [0.1, 0.15) is 12.5 Å². The predicted octanol–water partition coefficient (Wildman–Crippen LogP) is 2.92. The third-order valence-electron chi connectivity index (χ3n) is 4.69. The van der Waals surface area contributed by atoms with Gasteiger partial charge in [0.25, 0.3) is 11.6 Å². The molecular formula is C21H21N3O4. The van der Waals surface area contributed by atoms with Crippen LogP contribution in [0.25, 0.3) is 6.08 Å². The van der Waals surface area contributed by atoms with Gasteiger partial charge in [-0.15, -0.1) is 0 Å². The molecule has 0 aliphatic carbocycles. The molecule has 0 N–H and O–H groups in total. The highest BCUT2D eigenvalue weighted by Gasteiger charge is 2.25. The third kappa shape index (κ3) is 4.43. The molecule has 7 heteroatoms. The Morgan fingerprint density at radius 2 is 1.68 bits per heavy atom. The molecule has 0 bridgehead atoms. The van der Waals surface area contributed by atoms with Crippen molar-refractivity contribution in [2.24, 2.45) is 0 Å². The van der Waals surface area contributed by atoms with E-state index in [-0.39, 0.29) is 23.0 Å². The number of benzene rings is 2. The monoisotopic (exact) mass is 379 g/mol. The fourth-order valence-corrected chi connectivity index (χ4v) is 3.19. The van der Waals surface area contributed by atoms with E-state index in [4.69, 9.17) is 0 Å². The van der Waals surface area contributed by atoms with Gasteiger partial charge in [-0.2, -0.15) is 0 Å². The third-order valence-corrected chi connectivity index (χ3v) is 4.69. The SMILES string of the molecule is CC(=O)C(=Cc1cccc([N+](=O)[O-])c1)C(=O)N1CCN(c2ccccc2)CC1. The molecule has 0 unspecified atom stereocenters. The molecule has 0 spiro atoms. The Morgan fingerprint density at radius 3 is 2.29 bits per heavy atom. The van der Waals surface area contributed by atoms with Crippen molar-refractivity contribution in [1.82, 2.24) is 4.90 Å². The highest BCUT2D eigenvalue weighted by Crippen LogP contribution is 2.19. The number of Topliss-reactive ketones (excluding diaryl/α,β-unsaturated/α-hetero) is 1. The van der Waals surface area contributed by atoms with Gasteiger partial charge in [-0.05, 0) is 30.7 Å². The van der Waals surface area contributed by atoms with Crippen LogP contribution < -0.4 is 4.90 Å². The Balaban J connectivity index is 1.75. The number of carbonyl (C=O) groups is 2. The lowest BCUT2D eigenvalue weighted by atomic mass is 10.1. The maximum Gasteiger partial charge on any atom is 0.270 e. The topological polar surface area (TPSA) is 83.8 Å². The van der Waals surface area contributed by atoms with Gasteiger partial charge >= 0.3 is 0 Å². The first-order valence-corrected chi connectivity index (χ1v) is 9.02. The summed E-state index contributed by atoms with van der Waals surface area (Å²) >= 11 is 0. The van der Waals surface area contributed by atoms with Crippen LogP contribution in [0.15, 0.2) is 60.2 Å². The number of piperazine rings is 1. The zero-order valence-corrected chi connectivity index (χ0v) is 15.6. The van der Waals surface area contributed by atoms with E-state index in [1.807, 2.05) is 30.3 Å². The first kappa shape index (κ1) is 19.3. The predicted molar refractivity (Wildman–Crippen MR) is 107 cm³/mol. The van der Waals surface area contributed by atoms with Crippen molar-refractivity contribution in [3.63, 3.8) is 0 Å². The van der Waals surface area contributed by atoms with Gasteiger partial charge in [0.05, 0.1) is 10.5 Å². The van der Waals surface area contributed by atoms with Gasteiger partial charge in [-0.3, -0.25) is 19.7 Å². The van der Waals surface area contributed by atoms with E-state index in [1.165, 1.54) is 31.2 Å². The number of non-ortho nitro benzene ring substituents is 1. The van der Waals surface area contributed by atoms with E-state index < -0.39 is 4.92 Å². The molecule has 0 atom stereocenters. The van der Waals surface area contributed by atoms with Crippen molar-refractivity contribution in [2.45, 2.75) is 6.92 Å². The van der Waals surface area contributed by atoms with E-state index in [2.05, 4.69) is 4.90 Å². The van der Waals surface area contributed by atoms with E-state index in [0.29, 0.717) is 31.7 Å². The molecule has 1 aliphatic rings. The molecular weight excluding hydrogens is 358 g/mol. The quantitative estimate of drug-likeness (QED) is 0.262. The maximum absolute atomic E-state index is 12.9. The lowest BCUT2D eigenvalue weighted by Crippen LogP contribution is -2.49. The van der Waals surface area contributed by atoms with Gasteiger partial charge in [-0.1, -0.05) is 30.3 Å². The number of hydrogen-bond donors (Lipinski definition) is 0. The van der Waals surface area contributed by atoms with Crippen LogP contribution in [0.3, 0.4) is 0 Å². The van der Waals surface area contributed by atoms with Crippen molar-refractivity contribution in [1.29, 1.82) is 0 Å². The summed E-state index contributed by atoms with van der Waals surface area (Å²) in [6, 6.07) is 15.9. The summed E-state index contributed by atoms with van der Waals surface area (Å²) in [6.07, 6.45) is 1.43. The number of carbonyl (C=O) groups excluding carboxylic acids is 2. The lowest BCUT2D eigenvalue weighted by Gasteiger charge is -2.36. The van der Waals surface area contributed by atoms with E-state index in [9.17, 15) is 19.7 Å². The van der Waals surface area contributed by atoms with Gasteiger partial charge < -0.3 is 9.80 Å². The average molecular weight is 379 g/mol. The van der Waals surface area contributed by atoms with Crippen LogP contribution >= 0.6 is 0 Å². The van der Waals surface area contributed by atoms with Gasteiger partial charge in [0, 0.05) is 44.0 Å². The van der Waals surface area contributed by atoms with Crippen molar-refractivity contribution >= 4 is 29.1 Å². The Hall–Kier alpha value is -3.48. The average Bonchev–Trinajstić information content (AvgIpc) is 2.72. The Morgan fingerprint density at radius 1 is 1.00 bits per heavy atom. The van der Waals surface area contributed by atoms with Crippen molar-refractivity contribution in [3.05, 3.63) is 75.8 Å². The first-order chi connectivity index (χ1) is 13.5. The molecule has 144 valence electrons. The summed E-state index contributed by atoms with van der Waals surface area (Å²) in [4.78, 5) is 39.3. The number of para-hydroxylation sites is 1. The summed E-state index contributed by atoms with van der Waals surface area (Å²) in [5, 5.41) is 10.9. The van der Waals surface area contributed by atoms with Crippen LogP contribution in [0.5, 0.6) is 0 Å². The first-order valence-electron chi connectivity index (χ1n) is 9.02. The number of nitro benzene ring substituents is 1. The number of rotatable bonds is 5. The molecule has 2 aromatic carbocycles. The molecule has 0 saturated carbocycles. The molecule has 1 amide bonds. The normalized spacial score (nSPS) is 14.7. The fourth-order valence-electron chi connectivity index (χ4n) is 3.19. The van der Waals surface area contributed by atoms with Crippen molar-refractivity contribution in [2.75, 3.05) is 31.1 Å². The molecule has 28 heavy (non-hydrogen) atoms. The molecule has 7 nitrogen and oxygen atoms in total. The number of nitro groups is 1. The number of anilines is 1. The van der Waals surface area contributed by atoms with Gasteiger partial charge in [0.2, 0.25) is 0 Å². The minimum Gasteiger partial charge on any atom is -0.368 e. The highest BCUT2D eigenvalue weighted by molar-refractivity contribution is 6.21. The second-order valence-electron chi connectivity index (χ2n) is 6.58. The summed E-state index contributed by atoms with van der Waals surface area (Å²) in [5.74, 6) is -0.700. The Labute approximate surface area is 163 Å². The van der Waals surface area contributed by atoms with Crippen LogP contribution in [0.2, 0.25) is 0 Å². The van der Waals surface area contributed by atoms with Crippen molar-refractivity contribution in [3.8, 4) is 0 Å². The molecule has 1 aliphatic heterocycles. The number of ketones is 1. The molecule has 3 rings (SSSR count). The summed E-state index contributed by atoms with van der Waals surface area (Å²) < 4.78 is 0. The molecule has 1 heterocycles. The summed E-state index contributed by atoms with van der Waals surface area (Å²) in [5.41, 5.74) is 1.51. The lowest BCUT2D eigenvalue weighted by molar-refractivity contribution is -0.384. The smallest absolute Gasteiger partial charge is 0.270 e. The number of amides is 1. The minimum absolute atomic E-state index is 0.0358. The number of hydrogen-bond acceptors (Lipinski definition) is 5. The second-order valence-corrected chi connectivity index (χ2v) is 6.58. The van der Waals surface area contributed by atoms with Gasteiger partial charge in [0.1, 0.15) is 0 Å². The largest absolute Gasteiger partial charge is 0.368 e.